The second kappa shape index (κ2) is 6.04. The summed E-state index contributed by atoms with van der Waals surface area (Å²) >= 11 is 0. The van der Waals surface area contributed by atoms with Crippen LogP contribution in [0.3, 0.4) is 0 Å². The number of carbonyl (C=O) groups is 2. The van der Waals surface area contributed by atoms with Gasteiger partial charge in [-0.1, -0.05) is 16.8 Å². The smallest absolute Gasteiger partial charge is 0.325 e. The Labute approximate surface area is 120 Å². The average Bonchev–Trinajstić information content (AvgIpc) is 2.85. The summed E-state index contributed by atoms with van der Waals surface area (Å²) in [5, 5.41) is 18.7. The van der Waals surface area contributed by atoms with Crippen molar-refractivity contribution >= 4 is 17.6 Å². The van der Waals surface area contributed by atoms with Crippen molar-refractivity contribution in [1.29, 1.82) is 0 Å². The first-order valence-corrected chi connectivity index (χ1v) is 6.21. The van der Waals surface area contributed by atoms with Gasteiger partial charge in [0.1, 0.15) is 12.2 Å². The molecule has 1 aromatic heterocycles. The topological polar surface area (TPSA) is 123 Å². The van der Waals surface area contributed by atoms with Gasteiger partial charge in [-0.2, -0.15) is 0 Å². The fourth-order valence-corrected chi connectivity index (χ4v) is 1.77. The average molecular weight is 289 g/mol. The number of carboxylic acid groups (broad SMARTS) is 1. The SMILES string of the molecule is Cc1ccc(N)c(C(=O)NCc2cn(CC(=O)O)nn2)c1. The standard InChI is InChI=1S/C13H15N5O3/c1-8-2-3-11(14)10(4-8)13(21)15-5-9-6-18(17-16-9)7-12(19)20/h2-4,6H,5,7,14H2,1H3,(H,15,21)(H,19,20). The number of aromatic nitrogens is 3. The van der Waals surface area contributed by atoms with Crippen molar-refractivity contribution in [3.8, 4) is 0 Å². The largest absolute Gasteiger partial charge is 0.480 e. The molecule has 110 valence electrons. The number of anilines is 1. The van der Waals surface area contributed by atoms with Crippen LogP contribution in [0.4, 0.5) is 5.69 Å². The normalized spacial score (nSPS) is 10.3. The zero-order valence-corrected chi connectivity index (χ0v) is 11.4. The van der Waals surface area contributed by atoms with Gasteiger partial charge >= 0.3 is 5.97 Å². The van der Waals surface area contributed by atoms with Gasteiger partial charge in [-0.15, -0.1) is 5.10 Å². The van der Waals surface area contributed by atoms with Crippen molar-refractivity contribution in [2.45, 2.75) is 20.0 Å². The fraction of sp³-hybridized carbons (Fsp3) is 0.231. The summed E-state index contributed by atoms with van der Waals surface area (Å²) in [7, 11) is 0. The van der Waals surface area contributed by atoms with Crippen LogP contribution in [0.25, 0.3) is 0 Å². The lowest BCUT2D eigenvalue weighted by Gasteiger charge is -2.07. The van der Waals surface area contributed by atoms with Crippen LogP contribution >= 0.6 is 0 Å². The summed E-state index contributed by atoms with van der Waals surface area (Å²) < 4.78 is 1.19. The lowest BCUT2D eigenvalue weighted by molar-refractivity contribution is -0.137. The van der Waals surface area contributed by atoms with E-state index >= 15 is 0 Å². The second-order valence-corrected chi connectivity index (χ2v) is 4.57. The molecule has 1 aromatic carbocycles. The molecule has 21 heavy (non-hydrogen) atoms. The monoisotopic (exact) mass is 289 g/mol. The van der Waals surface area contributed by atoms with Gasteiger partial charge in [0.25, 0.3) is 5.91 Å². The minimum Gasteiger partial charge on any atom is -0.480 e. The van der Waals surface area contributed by atoms with Gasteiger partial charge in [0.2, 0.25) is 0 Å². The Morgan fingerprint density at radius 3 is 2.90 bits per heavy atom. The van der Waals surface area contributed by atoms with E-state index in [-0.39, 0.29) is 19.0 Å². The first-order chi connectivity index (χ1) is 9.95. The molecular formula is C13H15N5O3. The van der Waals surface area contributed by atoms with Crippen LogP contribution in [0.2, 0.25) is 0 Å². The number of nitrogens with zero attached hydrogens (tertiary/aromatic N) is 3. The molecule has 0 spiro atoms. The minimum absolute atomic E-state index is 0.145. The zero-order chi connectivity index (χ0) is 15.4. The minimum atomic E-state index is -1.01. The highest BCUT2D eigenvalue weighted by Crippen LogP contribution is 2.13. The molecule has 0 saturated carbocycles. The van der Waals surface area contributed by atoms with Crippen molar-refractivity contribution < 1.29 is 14.7 Å². The number of aryl methyl sites for hydroxylation is 1. The number of carbonyl (C=O) groups excluding carboxylic acids is 1. The molecule has 0 saturated heterocycles. The van der Waals surface area contributed by atoms with Crippen molar-refractivity contribution in [3.05, 3.63) is 41.2 Å². The molecule has 0 unspecified atom stereocenters. The van der Waals surface area contributed by atoms with Gasteiger partial charge < -0.3 is 16.2 Å². The van der Waals surface area contributed by atoms with Crippen LogP contribution in [0.15, 0.2) is 24.4 Å². The van der Waals surface area contributed by atoms with E-state index in [9.17, 15) is 9.59 Å². The van der Waals surface area contributed by atoms with Crippen LogP contribution in [0.5, 0.6) is 0 Å². The maximum absolute atomic E-state index is 12.0. The van der Waals surface area contributed by atoms with Crippen molar-refractivity contribution in [2.24, 2.45) is 0 Å². The number of amides is 1. The molecule has 4 N–H and O–H groups in total. The highest BCUT2D eigenvalue weighted by Gasteiger charge is 2.11. The zero-order valence-electron chi connectivity index (χ0n) is 11.4. The molecule has 0 aliphatic rings. The maximum Gasteiger partial charge on any atom is 0.325 e. The van der Waals surface area contributed by atoms with E-state index in [1.807, 2.05) is 13.0 Å². The van der Waals surface area contributed by atoms with Gasteiger partial charge in [0.15, 0.2) is 0 Å². The molecule has 2 aromatic rings. The van der Waals surface area contributed by atoms with Crippen LogP contribution in [0.1, 0.15) is 21.6 Å². The third-order valence-electron chi connectivity index (χ3n) is 2.77. The van der Waals surface area contributed by atoms with E-state index in [4.69, 9.17) is 10.8 Å². The van der Waals surface area contributed by atoms with Gasteiger partial charge in [0, 0.05) is 5.69 Å². The predicted octanol–water partition coefficient (Wildman–Crippen LogP) is 0.183. The fourth-order valence-electron chi connectivity index (χ4n) is 1.77. The van der Waals surface area contributed by atoms with Crippen molar-refractivity contribution in [3.63, 3.8) is 0 Å². The molecule has 0 aliphatic carbocycles. The highest BCUT2D eigenvalue weighted by atomic mass is 16.4. The lowest BCUT2D eigenvalue weighted by atomic mass is 10.1. The number of rotatable bonds is 5. The number of carboxylic acids is 1. The number of hydrogen-bond acceptors (Lipinski definition) is 5. The van der Waals surface area contributed by atoms with Crippen LogP contribution in [0, 0.1) is 6.92 Å². The molecular weight excluding hydrogens is 274 g/mol. The molecule has 0 bridgehead atoms. The Balaban J connectivity index is 1.99. The van der Waals surface area contributed by atoms with Crippen LogP contribution < -0.4 is 11.1 Å². The molecule has 2 rings (SSSR count). The van der Waals surface area contributed by atoms with E-state index in [1.54, 1.807) is 12.1 Å². The molecule has 1 amide bonds. The van der Waals surface area contributed by atoms with Gasteiger partial charge in [-0.05, 0) is 19.1 Å². The van der Waals surface area contributed by atoms with Gasteiger partial charge in [0.05, 0.1) is 18.3 Å². The van der Waals surface area contributed by atoms with E-state index < -0.39 is 5.97 Å². The molecule has 0 aliphatic heterocycles. The van der Waals surface area contributed by atoms with Crippen LogP contribution in [-0.4, -0.2) is 32.0 Å². The van der Waals surface area contributed by atoms with E-state index in [0.29, 0.717) is 16.9 Å². The number of aliphatic carboxylic acids is 1. The highest BCUT2D eigenvalue weighted by molar-refractivity contribution is 5.99. The summed E-state index contributed by atoms with van der Waals surface area (Å²) in [6.07, 6.45) is 1.47. The summed E-state index contributed by atoms with van der Waals surface area (Å²) in [5.74, 6) is -1.33. The Hall–Kier alpha value is -2.90. The summed E-state index contributed by atoms with van der Waals surface area (Å²) in [5.41, 5.74) is 7.95. The molecule has 8 nitrogen and oxygen atoms in total. The van der Waals surface area contributed by atoms with Crippen LogP contribution in [-0.2, 0) is 17.9 Å². The molecule has 8 heteroatoms. The Bertz CT molecular complexity index is 680. The van der Waals surface area contributed by atoms with E-state index in [2.05, 4.69) is 15.6 Å². The van der Waals surface area contributed by atoms with E-state index in [0.717, 1.165) is 5.56 Å². The second-order valence-electron chi connectivity index (χ2n) is 4.57. The van der Waals surface area contributed by atoms with Crippen molar-refractivity contribution in [1.82, 2.24) is 20.3 Å². The summed E-state index contributed by atoms with van der Waals surface area (Å²) in [4.78, 5) is 22.6. The Morgan fingerprint density at radius 1 is 1.43 bits per heavy atom. The van der Waals surface area contributed by atoms with Gasteiger partial charge in [-0.3, -0.25) is 9.59 Å². The molecule has 0 radical (unpaired) electrons. The Morgan fingerprint density at radius 2 is 2.19 bits per heavy atom. The van der Waals surface area contributed by atoms with Gasteiger partial charge in [-0.25, -0.2) is 4.68 Å². The lowest BCUT2D eigenvalue weighted by Crippen LogP contribution is -2.24. The first kappa shape index (κ1) is 14.5. The maximum atomic E-state index is 12.0. The summed E-state index contributed by atoms with van der Waals surface area (Å²) in [6.45, 7) is 1.74. The Kier molecular flexibility index (Phi) is 4.17. The predicted molar refractivity (Wildman–Crippen MR) is 74.4 cm³/mol. The number of hydrogen-bond donors (Lipinski definition) is 3. The third-order valence-corrected chi connectivity index (χ3v) is 2.77. The van der Waals surface area contributed by atoms with E-state index in [1.165, 1.54) is 10.9 Å². The third kappa shape index (κ3) is 3.78. The number of nitrogens with one attached hydrogen (secondary N) is 1. The first-order valence-electron chi connectivity index (χ1n) is 6.21. The molecule has 1 heterocycles. The quantitative estimate of drug-likeness (QED) is 0.675. The number of nitrogen functional groups attached to an aromatic ring is 1. The molecule has 0 fully saturated rings. The van der Waals surface area contributed by atoms with Crippen molar-refractivity contribution in [2.75, 3.05) is 5.73 Å². The number of nitrogens with two attached hydrogens (primary N) is 1. The number of benzene rings is 1. The molecule has 0 atom stereocenters. The summed E-state index contributed by atoms with van der Waals surface area (Å²) in [6, 6.07) is 5.20.